The summed E-state index contributed by atoms with van der Waals surface area (Å²) >= 11 is 0. The molecule has 2 aromatic carbocycles. The van der Waals surface area contributed by atoms with E-state index >= 15 is 0 Å². The van der Waals surface area contributed by atoms with Crippen LogP contribution in [0.2, 0.25) is 0 Å². The van der Waals surface area contributed by atoms with Gasteiger partial charge in [0.1, 0.15) is 29.0 Å². The fourth-order valence-corrected chi connectivity index (χ4v) is 3.00. The molecule has 2 unspecified atom stereocenters. The van der Waals surface area contributed by atoms with Crippen molar-refractivity contribution in [3.63, 3.8) is 0 Å². The molecule has 2 amide bonds. The number of rotatable bonds is 4. The topological polar surface area (TPSA) is 95.0 Å². The van der Waals surface area contributed by atoms with Crippen molar-refractivity contribution < 1.29 is 27.9 Å². The van der Waals surface area contributed by atoms with E-state index in [0.717, 1.165) is 24.3 Å². The second-order valence-electron chi connectivity index (χ2n) is 6.03. The van der Waals surface area contributed by atoms with Crippen molar-refractivity contribution in [2.24, 2.45) is 4.99 Å². The highest BCUT2D eigenvalue weighted by molar-refractivity contribution is 5.96. The second-order valence-corrected chi connectivity index (χ2v) is 6.03. The van der Waals surface area contributed by atoms with Crippen LogP contribution in [-0.2, 0) is 0 Å². The van der Waals surface area contributed by atoms with Crippen molar-refractivity contribution in [2.45, 2.75) is 12.0 Å². The number of carbonyl (C=O) groups is 1. The summed E-state index contributed by atoms with van der Waals surface area (Å²) in [6.45, 7) is -0.0649. The normalized spacial score (nSPS) is 18.4. The maximum atomic E-state index is 14.5. The molecule has 0 bridgehead atoms. The van der Waals surface area contributed by atoms with Crippen LogP contribution in [0.1, 0.15) is 11.5 Å². The highest BCUT2D eigenvalue weighted by atomic mass is 19.1. The Morgan fingerprint density at radius 2 is 1.82 bits per heavy atom. The van der Waals surface area contributed by atoms with E-state index in [1.165, 1.54) is 19.2 Å². The third-order valence-corrected chi connectivity index (χ3v) is 4.32. The number of nitrogens with one attached hydrogen (secondary N) is 3. The molecule has 1 aliphatic rings. The number of hydrogen-bond donors (Lipinski definition) is 4. The van der Waals surface area contributed by atoms with Gasteiger partial charge < -0.3 is 15.4 Å². The summed E-state index contributed by atoms with van der Waals surface area (Å²) in [6.07, 6.45) is 0. The molecule has 10 heteroatoms. The van der Waals surface area contributed by atoms with Crippen molar-refractivity contribution in [1.82, 2.24) is 10.8 Å². The number of ether oxygens (including phenoxy) is 1. The van der Waals surface area contributed by atoms with Gasteiger partial charge in [-0.2, -0.15) is 0 Å². The van der Waals surface area contributed by atoms with Gasteiger partial charge in [0, 0.05) is 29.3 Å². The minimum atomic E-state index is -1.03. The zero-order valence-corrected chi connectivity index (χ0v) is 14.7. The molecule has 148 valence electrons. The van der Waals surface area contributed by atoms with Gasteiger partial charge in [-0.05, 0) is 24.3 Å². The number of urea groups is 1. The molecule has 0 saturated heterocycles. The largest absolute Gasteiger partial charge is 0.497 e. The molecule has 0 spiro atoms. The van der Waals surface area contributed by atoms with E-state index < -0.39 is 35.4 Å². The first-order chi connectivity index (χ1) is 13.4. The number of hydrogen-bond acceptors (Lipinski definition) is 5. The van der Waals surface area contributed by atoms with E-state index in [1.807, 2.05) is 5.48 Å². The number of amides is 2. The minimum Gasteiger partial charge on any atom is -0.497 e. The Balaban J connectivity index is 1.81. The standard InChI is InChI=1S/C18H17F3N4O3/c1-28-11-6-13(20)15(14(21)7-11)12-8-22-17(25-27)16(12)24-18(26)23-10-4-2-9(19)3-5-10/h2-7,12,16,27H,8H2,1H3,(H,22,25)(H2,23,24,26). The average molecular weight is 394 g/mol. The Bertz CT molecular complexity index is 882. The minimum absolute atomic E-state index is 0.0109. The van der Waals surface area contributed by atoms with Crippen LogP contribution >= 0.6 is 0 Å². The summed E-state index contributed by atoms with van der Waals surface area (Å²) in [4.78, 5) is 16.3. The van der Waals surface area contributed by atoms with E-state index in [0.29, 0.717) is 5.69 Å². The van der Waals surface area contributed by atoms with Gasteiger partial charge in [-0.1, -0.05) is 0 Å². The van der Waals surface area contributed by atoms with Crippen LogP contribution < -0.4 is 20.9 Å². The quantitative estimate of drug-likeness (QED) is 0.600. The lowest BCUT2D eigenvalue weighted by molar-refractivity contribution is 0.227. The van der Waals surface area contributed by atoms with E-state index in [-0.39, 0.29) is 23.7 Å². The van der Waals surface area contributed by atoms with Crippen LogP contribution in [-0.4, -0.2) is 36.8 Å². The lowest BCUT2D eigenvalue weighted by atomic mass is 9.92. The number of carbonyl (C=O) groups excluding carboxylic acids is 1. The number of hydroxylamine groups is 1. The molecule has 0 aromatic heterocycles. The van der Waals surface area contributed by atoms with Crippen LogP contribution in [0.25, 0.3) is 0 Å². The first-order valence-electron chi connectivity index (χ1n) is 8.23. The summed E-state index contributed by atoms with van der Waals surface area (Å²) in [5.41, 5.74) is 1.86. The molecule has 2 atom stereocenters. The monoisotopic (exact) mass is 394 g/mol. The average Bonchev–Trinajstić information content (AvgIpc) is 3.05. The van der Waals surface area contributed by atoms with Crippen LogP contribution in [0.5, 0.6) is 5.75 Å². The van der Waals surface area contributed by atoms with Gasteiger partial charge >= 0.3 is 6.03 Å². The van der Waals surface area contributed by atoms with Crippen LogP contribution in [0.3, 0.4) is 0 Å². The van der Waals surface area contributed by atoms with Gasteiger partial charge in [0.15, 0.2) is 0 Å². The first-order valence-corrected chi connectivity index (χ1v) is 8.23. The molecule has 1 aliphatic heterocycles. The van der Waals surface area contributed by atoms with Crippen LogP contribution in [0.4, 0.5) is 23.7 Å². The SMILES string of the molecule is COc1cc(F)c(C2CN=C(NO)C2NC(=O)Nc2ccc(F)cc2)c(F)c1. The fourth-order valence-electron chi connectivity index (χ4n) is 3.00. The number of anilines is 1. The lowest BCUT2D eigenvalue weighted by Gasteiger charge is -2.23. The summed E-state index contributed by atoms with van der Waals surface area (Å²) in [7, 11) is 1.28. The van der Waals surface area contributed by atoms with E-state index in [4.69, 9.17) is 4.74 Å². The Labute approximate surface area is 158 Å². The molecule has 4 N–H and O–H groups in total. The van der Waals surface area contributed by atoms with Crippen molar-refractivity contribution in [2.75, 3.05) is 19.0 Å². The van der Waals surface area contributed by atoms with E-state index in [2.05, 4.69) is 15.6 Å². The van der Waals surface area contributed by atoms with Gasteiger partial charge in [-0.3, -0.25) is 15.7 Å². The van der Waals surface area contributed by atoms with Crippen molar-refractivity contribution in [3.8, 4) is 5.75 Å². The Morgan fingerprint density at radius 1 is 1.18 bits per heavy atom. The van der Waals surface area contributed by atoms with E-state index in [1.54, 1.807) is 0 Å². The van der Waals surface area contributed by atoms with E-state index in [9.17, 15) is 23.2 Å². The van der Waals surface area contributed by atoms with Gasteiger partial charge in [0.25, 0.3) is 0 Å². The number of nitrogens with zero attached hydrogens (tertiary/aromatic N) is 1. The number of amidine groups is 1. The molecule has 28 heavy (non-hydrogen) atoms. The maximum Gasteiger partial charge on any atom is 0.319 e. The smallest absolute Gasteiger partial charge is 0.319 e. The lowest BCUT2D eigenvalue weighted by Crippen LogP contribution is -2.48. The third kappa shape index (κ3) is 4.01. The van der Waals surface area contributed by atoms with Gasteiger partial charge in [0.2, 0.25) is 0 Å². The van der Waals surface area contributed by atoms with Gasteiger partial charge in [0.05, 0.1) is 19.7 Å². The summed E-state index contributed by atoms with van der Waals surface area (Å²) in [5, 5.41) is 14.2. The predicted octanol–water partition coefficient (Wildman–Crippen LogP) is 2.78. The Kier molecular flexibility index (Phi) is 5.69. The highest BCUT2D eigenvalue weighted by Crippen LogP contribution is 2.32. The molecular formula is C18H17F3N4O3. The predicted molar refractivity (Wildman–Crippen MR) is 95.2 cm³/mol. The summed E-state index contributed by atoms with van der Waals surface area (Å²) < 4.78 is 46.7. The number of benzene rings is 2. The molecular weight excluding hydrogens is 377 g/mol. The molecule has 0 aliphatic carbocycles. The molecule has 3 rings (SSSR count). The van der Waals surface area contributed by atoms with Crippen molar-refractivity contribution >= 4 is 17.6 Å². The summed E-state index contributed by atoms with van der Waals surface area (Å²) in [5.74, 6) is -3.12. The zero-order chi connectivity index (χ0) is 20.3. The highest BCUT2D eigenvalue weighted by Gasteiger charge is 2.37. The Hall–Kier alpha value is -3.27. The Morgan fingerprint density at radius 3 is 2.39 bits per heavy atom. The van der Waals surface area contributed by atoms with Crippen molar-refractivity contribution in [1.29, 1.82) is 0 Å². The zero-order valence-electron chi connectivity index (χ0n) is 14.7. The number of aliphatic imine (C=N–C) groups is 1. The third-order valence-electron chi connectivity index (χ3n) is 4.32. The first kappa shape index (κ1) is 19.5. The van der Waals surface area contributed by atoms with Crippen LogP contribution in [0.15, 0.2) is 41.4 Å². The van der Waals surface area contributed by atoms with Gasteiger partial charge in [-0.15, -0.1) is 0 Å². The van der Waals surface area contributed by atoms with Gasteiger partial charge in [-0.25, -0.2) is 18.0 Å². The summed E-state index contributed by atoms with van der Waals surface area (Å²) in [6, 6.07) is 5.34. The molecule has 7 nitrogen and oxygen atoms in total. The van der Waals surface area contributed by atoms with Crippen LogP contribution in [0, 0.1) is 17.5 Å². The molecule has 0 fully saturated rings. The fraction of sp³-hybridized carbons (Fsp3) is 0.222. The number of halogens is 3. The van der Waals surface area contributed by atoms with Crippen molar-refractivity contribution in [3.05, 3.63) is 59.4 Å². The molecule has 1 heterocycles. The second kappa shape index (κ2) is 8.17. The maximum absolute atomic E-state index is 14.5. The molecule has 0 radical (unpaired) electrons. The molecule has 0 saturated carbocycles. The molecule has 2 aromatic rings. The number of methoxy groups -OCH3 is 1.